The van der Waals surface area contributed by atoms with Crippen LogP contribution >= 0.6 is 0 Å². The summed E-state index contributed by atoms with van der Waals surface area (Å²) in [4.78, 5) is 16.8. The van der Waals surface area contributed by atoms with Gasteiger partial charge in [-0.05, 0) is 31.6 Å². The van der Waals surface area contributed by atoms with Crippen LogP contribution < -0.4 is 5.73 Å². The lowest BCUT2D eigenvalue weighted by atomic mass is 10.1. The van der Waals surface area contributed by atoms with E-state index in [-0.39, 0.29) is 11.7 Å². The number of nitro groups is 1. The van der Waals surface area contributed by atoms with Crippen LogP contribution in [0.5, 0.6) is 0 Å². The lowest BCUT2D eigenvalue weighted by Gasteiger charge is -2.29. The van der Waals surface area contributed by atoms with Crippen molar-refractivity contribution in [3.05, 3.63) is 22.0 Å². The minimum absolute atomic E-state index is 0.129. The van der Waals surface area contributed by atoms with Gasteiger partial charge in [-0.15, -0.1) is 0 Å². The van der Waals surface area contributed by atoms with Gasteiger partial charge in [-0.25, -0.2) is 0 Å². The summed E-state index contributed by atoms with van der Waals surface area (Å²) in [5.41, 5.74) is 5.04. The molecule has 6 heteroatoms. The summed E-state index contributed by atoms with van der Waals surface area (Å²) in [6.07, 6.45) is 7.02. The Morgan fingerprint density at radius 1 is 1.39 bits per heavy atom. The van der Waals surface area contributed by atoms with Crippen LogP contribution in [-0.4, -0.2) is 41.7 Å². The van der Waals surface area contributed by atoms with E-state index in [0.717, 1.165) is 38.0 Å². The molecule has 2 N–H and O–H groups in total. The van der Waals surface area contributed by atoms with Gasteiger partial charge in [0, 0.05) is 19.6 Å². The molecule has 0 aromatic rings. The molecule has 1 aliphatic heterocycles. The molecule has 1 heterocycles. The average molecular weight is 252 g/mol. The summed E-state index contributed by atoms with van der Waals surface area (Å²) >= 11 is 0. The molecule has 6 nitrogen and oxygen atoms in total. The van der Waals surface area contributed by atoms with Gasteiger partial charge in [0.25, 0.3) is 0 Å². The zero-order valence-electron chi connectivity index (χ0n) is 10.5. The van der Waals surface area contributed by atoms with Crippen LogP contribution in [0.25, 0.3) is 0 Å². The molecule has 2 aliphatic rings. The van der Waals surface area contributed by atoms with Crippen molar-refractivity contribution in [1.82, 2.24) is 4.90 Å². The first-order valence-electron chi connectivity index (χ1n) is 6.51. The molecule has 1 saturated heterocycles. The topological polar surface area (TPSA) is 84.8 Å². The van der Waals surface area contributed by atoms with Crippen LogP contribution in [0.3, 0.4) is 0 Å². The third-order valence-corrected chi connectivity index (χ3v) is 3.57. The molecule has 100 valence electrons. The van der Waals surface area contributed by atoms with Crippen LogP contribution in [0.1, 0.15) is 25.7 Å². The predicted octanol–water partition coefficient (Wildman–Crippen LogP) is 1.01. The summed E-state index contributed by atoms with van der Waals surface area (Å²) in [5.74, 6) is 0.923. The van der Waals surface area contributed by atoms with Gasteiger partial charge < -0.3 is 10.6 Å². The number of piperidine rings is 1. The van der Waals surface area contributed by atoms with E-state index < -0.39 is 4.92 Å². The lowest BCUT2D eigenvalue weighted by molar-refractivity contribution is -0.414. The Hall–Kier alpha value is -1.43. The third kappa shape index (κ3) is 3.80. The average Bonchev–Trinajstić information content (AvgIpc) is 3.15. The van der Waals surface area contributed by atoms with E-state index in [2.05, 4.69) is 9.89 Å². The molecule has 1 saturated carbocycles. The van der Waals surface area contributed by atoms with Crippen molar-refractivity contribution in [2.45, 2.75) is 31.7 Å². The summed E-state index contributed by atoms with van der Waals surface area (Å²) < 4.78 is 0. The van der Waals surface area contributed by atoms with E-state index in [0.29, 0.717) is 0 Å². The molecular formula is C12H20N4O2. The zero-order valence-corrected chi connectivity index (χ0v) is 10.5. The second kappa shape index (κ2) is 5.95. The number of nitrogens with two attached hydrogens (primary N) is 1. The smallest absolute Gasteiger partial charge is 0.302 e. The molecule has 0 amide bonds. The number of hydrogen-bond donors (Lipinski definition) is 1. The Balaban J connectivity index is 1.75. The fourth-order valence-corrected chi connectivity index (χ4v) is 2.25. The maximum absolute atomic E-state index is 10.5. The zero-order chi connectivity index (χ0) is 13.0. The van der Waals surface area contributed by atoms with Crippen molar-refractivity contribution in [2.24, 2.45) is 16.6 Å². The van der Waals surface area contributed by atoms with E-state index in [1.807, 2.05) is 0 Å². The first-order chi connectivity index (χ1) is 8.69. The van der Waals surface area contributed by atoms with Crippen molar-refractivity contribution in [1.29, 1.82) is 0 Å². The summed E-state index contributed by atoms with van der Waals surface area (Å²) in [5, 5.41) is 10.5. The molecule has 18 heavy (non-hydrogen) atoms. The van der Waals surface area contributed by atoms with Gasteiger partial charge in [0.15, 0.2) is 0 Å². The summed E-state index contributed by atoms with van der Waals surface area (Å²) in [6, 6.07) is 0.204. The minimum Gasteiger partial charge on any atom is -0.399 e. The standard InChI is InChI=1S/C12H20N4O2/c13-7-12(16(17)18)8-14-11-3-5-15(6-4-11)9-10-1-2-10/h7-8,10-11H,1-6,9,13H2/b12-7+,14-8?. The maximum Gasteiger partial charge on any atom is 0.302 e. The van der Waals surface area contributed by atoms with Crippen LogP contribution in [0, 0.1) is 16.0 Å². The molecule has 0 bridgehead atoms. The van der Waals surface area contributed by atoms with Crippen molar-refractivity contribution in [2.75, 3.05) is 19.6 Å². The molecule has 2 fully saturated rings. The maximum atomic E-state index is 10.5. The Morgan fingerprint density at radius 2 is 2.06 bits per heavy atom. The van der Waals surface area contributed by atoms with Crippen LogP contribution in [0.2, 0.25) is 0 Å². The van der Waals surface area contributed by atoms with Crippen molar-refractivity contribution in [3.8, 4) is 0 Å². The largest absolute Gasteiger partial charge is 0.399 e. The molecule has 0 unspecified atom stereocenters. The van der Waals surface area contributed by atoms with Gasteiger partial charge >= 0.3 is 5.70 Å². The fourth-order valence-electron chi connectivity index (χ4n) is 2.25. The van der Waals surface area contributed by atoms with Crippen molar-refractivity contribution < 1.29 is 4.92 Å². The molecule has 0 radical (unpaired) electrons. The molecular weight excluding hydrogens is 232 g/mol. The molecule has 0 aromatic heterocycles. The predicted molar refractivity (Wildman–Crippen MR) is 69.9 cm³/mol. The number of rotatable bonds is 5. The quantitative estimate of drug-likeness (QED) is 0.449. The highest BCUT2D eigenvalue weighted by molar-refractivity contribution is 5.75. The van der Waals surface area contributed by atoms with Gasteiger partial charge in [0.1, 0.15) is 6.21 Å². The Labute approximate surface area is 107 Å². The molecule has 0 spiro atoms. The molecule has 0 aromatic carbocycles. The van der Waals surface area contributed by atoms with E-state index in [9.17, 15) is 10.1 Å². The number of allylic oxidation sites excluding steroid dienone is 1. The Bertz CT molecular complexity index is 355. The number of hydrogen-bond acceptors (Lipinski definition) is 5. The summed E-state index contributed by atoms with van der Waals surface area (Å²) in [7, 11) is 0. The van der Waals surface area contributed by atoms with Crippen molar-refractivity contribution in [3.63, 3.8) is 0 Å². The highest BCUT2D eigenvalue weighted by Gasteiger charge is 2.26. The number of nitrogens with zero attached hydrogens (tertiary/aromatic N) is 3. The van der Waals surface area contributed by atoms with Crippen molar-refractivity contribution >= 4 is 6.21 Å². The lowest BCUT2D eigenvalue weighted by Crippen LogP contribution is -2.36. The van der Waals surface area contributed by atoms with E-state index in [1.54, 1.807) is 0 Å². The normalized spacial score (nSPS) is 23.7. The summed E-state index contributed by atoms with van der Waals surface area (Å²) in [6.45, 7) is 3.33. The van der Waals surface area contributed by atoms with E-state index in [1.165, 1.54) is 25.6 Å². The van der Waals surface area contributed by atoms with Crippen LogP contribution in [0.15, 0.2) is 16.9 Å². The second-order valence-electron chi connectivity index (χ2n) is 5.10. The van der Waals surface area contributed by atoms with Gasteiger partial charge in [-0.2, -0.15) is 0 Å². The van der Waals surface area contributed by atoms with E-state index in [4.69, 9.17) is 5.73 Å². The number of likely N-dealkylation sites (tertiary alicyclic amines) is 1. The number of aliphatic imine (C=N–C) groups is 1. The SMILES string of the molecule is N/C=C(\C=NC1CCN(CC2CC2)CC1)[N+](=O)[O-]. The molecule has 0 atom stereocenters. The second-order valence-corrected chi connectivity index (χ2v) is 5.10. The van der Waals surface area contributed by atoms with Gasteiger partial charge in [0.2, 0.25) is 0 Å². The first kappa shape index (κ1) is 13.0. The van der Waals surface area contributed by atoms with Gasteiger partial charge in [-0.3, -0.25) is 15.1 Å². The Kier molecular flexibility index (Phi) is 4.30. The minimum atomic E-state index is -0.508. The van der Waals surface area contributed by atoms with E-state index >= 15 is 0 Å². The van der Waals surface area contributed by atoms with Crippen LogP contribution in [0.4, 0.5) is 0 Å². The Morgan fingerprint density at radius 3 is 2.56 bits per heavy atom. The molecule has 2 rings (SSSR count). The van der Waals surface area contributed by atoms with Gasteiger partial charge in [-0.1, -0.05) is 0 Å². The fraction of sp³-hybridized carbons (Fsp3) is 0.750. The first-order valence-corrected chi connectivity index (χ1v) is 6.51. The van der Waals surface area contributed by atoms with Crippen LogP contribution in [-0.2, 0) is 0 Å². The highest BCUT2D eigenvalue weighted by atomic mass is 16.6. The molecule has 1 aliphatic carbocycles. The monoisotopic (exact) mass is 252 g/mol. The third-order valence-electron chi connectivity index (χ3n) is 3.57. The van der Waals surface area contributed by atoms with Gasteiger partial charge in [0.05, 0.1) is 17.2 Å². The highest BCUT2D eigenvalue weighted by Crippen LogP contribution is 2.30.